The minimum atomic E-state index is -4.78. The second kappa shape index (κ2) is 10.0. The SMILES string of the molecule is O=C(O)C[C@H]1CC[C@H](Oc2ccc(-c3cnc(-c4nc5cc(OC(F)(F)F)ccc5[nH]4)cn3)cn2)CC1. The van der Waals surface area contributed by atoms with Crippen LogP contribution in [0.4, 0.5) is 13.2 Å². The van der Waals surface area contributed by atoms with Crippen LogP contribution in [0.25, 0.3) is 33.8 Å². The van der Waals surface area contributed by atoms with E-state index in [0.29, 0.717) is 34.1 Å². The molecule has 3 aromatic heterocycles. The summed E-state index contributed by atoms with van der Waals surface area (Å²) in [6.45, 7) is 0. The topological polar surface area (TPSA) is 123 Å². The Kier molecular flexibility index (Phi) is 6.64. The van der Waals surface area contributed by atoms with Crippen LogP contribution in [0, 0.1) is 5.92 Å². The number of fused-ring (bicyclic) bond motifs is 1. The molecule has 0 aliphatic heterocycles. The fraction of sp³-hybridized carbons (Fsp3) is 0.320. The first-order valence-corrected chi connectivity index (χ1v) is 11.6. The van der Waals surface area contributed by atoms with Crippen molar-refractivity contribution in [3.8, 4) is 34.4 Å². The van der Waals surface area contributed by atoms with E-state index >= 15 is 0 Å². The zero-order chi connectivity index (χ0) is 26.0. The molecule has 1 fully saturated rings. The molecule has 1 aromatic carbocycles. The lowest BCUT2D eigenvalue weighted by atomic mass is 9.85. The molecule has 12 heteroatoms. The molecule has 2 N–H and O–H groups in total. The standard InChI is InChI=1S/C25H22F3N5O4/c26-25(27,28)37-17-6-7-18-19(10-17)33-24(32-18)21-13-29-20(12-30-21)15-3-8-22(31-11-15)36-16-4-1-14(2-5-16)9-23(34)35/h3,6-8,10-14,16H,1-2,4-5,9H2,(H,32,33)(H,34,35)/t14-,16-. The van der Waals surface area contributed by atoms with Crippen LogP contribution in [-0.2, 0) is 4.79 Å². The van der Waals surface area contributed by atoms with Gasteiger partial charge in [0.25, 0.3) is 0 Å². The van der Waals surface area contributed by atoms with E-state index in [9.17, 15) is 18.0 Å². The van der Waals surface area contributed by atoms with E-state index < -0.39 is 12.3 Å². The highest BCUT2D eigenvalue weighted by atomic mass is 19.4. The Hall–Kier alpha value is -4.22. The number of nitrogens with zero attached hydrogens (tertiary/aromatic N) is 4. The lowest BCUT2D eigenvalue weighted by molar-refractivity contribution is -0.274. The third kappa shape index (κ3) is 6.13. The quantitative estimate of drug-likeness (QED) is 0.337. The molecule has 1 aliphatic carbocycles. The predicted octanol–water partition coefficient (Wildman–Crippen LogP) is 5.39. The number of carbonyl (C=O) groups is 1. The third-order valence-corrected chi connectivity index (χ3v) is 6.16. The van der Waals surface area contributed by atoms with Gasteiger partial charge in [0.1, 0.15) is 17.5 Å². The van der Waals surface area contributed by atoms with Crippen molar-refractivity contribution in [1.29, 1.82) is 0 Å². The van der Waals surface area contributed by atoms with Gasteiger partial charge in [0, 0.05) is 30.3 Å². The van der Waals surface area contributed by atoms with E-state index in [1.54, 1.807) is 18.5 Å². The van der Waals surface area contributed by atoms with Crippen LogP contribution >= 0.6 is 0 Å². The molecule has 5 rings (SSSR count). The molecular formula is C25H22F3N5O4. The highest BCUT2D eigenvalue weighted by Gasteiger charge is 2.31. The van der Waals surface area contributed by atoms with Crippen LogP contribution in [0.2, 0.25) is 0 Å². The van der Waals surface area contributed by atoms with Crippen LogP contribution in [0.3, 0.4) is 0 Å². The summed E-state index contributed by atoms with van der Waals surface area (Å²) >= 11 is 0. The zero-order valence-corrected chi connectivity index (χ0v) is 19.4. The van der Waals surface area contributed by atoms with E-state index in [0.717, 1.165) is 31.2 Å². The van der Waals surface area contributed by atoms with Crippen molar-refractivity contribution >= 4 is 17.0 Å². The monoisotopic (exact) mass is 513 g/mol. The van der Waals surface area contributed by atoms with Gasteiger partial charge in [-0.15, -0.1) is 13.2 Å². The summed E-state index contributed by atoms with van der Waals surface area (Å²) < 4.78 is 47.3. The molecule has 0 bridgehead atoms. The van der Waals surface area contributed by atoms with E-state index in [-0.39, 0.29) is 24.2 Å². The highest BCUT2D eigenvalue weighted by molar-refractivity contribution is 5.80. The molecule has 1 saturated carbocycles. The normalized spacial score (nSPS) is 18.0. The number of alkyl halides is 3. The number of aromatic nitrogens is 5. The summed E-state index contributed by atoms with van der Waals surface area (Å²) in [5.74, 6) is -0.0619. The Morgan fingerprint density at radius 2 is 1.76 bits per heavy atom. The van der Waals surface area contributed by atoms with Gasteiger partial charge in [-0.1, -0.05) is 0 Å². The molecule has 3 heterocycles. The molecule has 0 radical (unpaired) electrons. The Labute approximate surface area is 208 Å². The minimum Gasteiger partial charge on any atom is -0.481 e. The van der Waals surface area contributed by atoms with E-state index in [2.05, 4.69) is 29.7 Å². The summed E-state index contributed by atoms with van der Waals surface area (Å²) in [6.07, 6.45) is 3.39. The molecule has 37 heavy (non-hydrogen) atoms. The predicted molar refractivity (Wildman–Crippen MR) is 126 cm³/mol. The number of hydrogen-bond acceptors (Lipinski definition) is 7. The fourth-order valence-corrected chi connectivity index (χ4v) is 4.38. The number of carboxylic acids is 1. The van der Waals surface area contributed by atoms with Gasteiger partial charge in [-0.2, -0.15) is 0 Å². The summed E-state index contributed by atoms with van der Waals surface area (Å²) in [5, 5.41) is 8.94. The van der Waals surface area contributed by atoms with Crippen LogP contribution in [0.5, 0.6) is 11.6 Å². The summed E-state index contributed by atoms with van der Waals surface area (Å²) in [5.41, 5.74) is 2.57. The maximum atomic E-state index is 12.5. The smallest absolute Gasteiger partial charge is 0.481 e. The maximum Gasteiger partial charge on any atom is 0.573 e. The number of halogens is 3. The van der Waals surface area contributed by atoms with Gasteiger partial charge in [-0.3, -0.25) is 9.78 Å². The molecule has 0 amide bonds. The van der Waals surface area contributed by atoms with Crippen molar-refractivity contribution in [2.45, 2.75) is 44.6 Å². The van der Waals surface area contributed by atoms with Gasteiger partial charge in [-0.05, 0) is 49.8 Å². The summed E-state index contributed by atoms with van der Waals surface area (Å²) in [6, 6.07) is 7.43. The van der Waals surface area contributed by atoms with Crippen molar-refractivity contribution in [3.05, 3.63) is 48.9 Å². The number of rotatable bonds is 7. The van der Waals surface area contributed by atoms with Crippen LogP contribution in [0.1, 0.15) is 32.1 Å². The van der Waals surface area contributed by atoms with Gasteiger partial charge < -0.3 is 19.6 Å². The van der Waals surface area contributed by atoms with Gasteiger partial charge in [0.15, 0.2) is 5.82 Å². The van der Waals surface area contributed by atoms with Crippen molar-refractivity contribution in [1.82, 2.24) is 24.9 Å². The van der Waals surface area contributed by atoms with Crippen molar-refractivity contribution in [3.63, 3.8) is 0 Å². The number of nitrogens with one attached hydrogen (secondary N) is 1. The van der Waals surface area contributed by atoms with Gasteiger partial charge >= 0.3 is 12.3 Å². The minimum absolute atomic E-state index is 0.0161. The molecule has 9 nitrogen and oxygen atoms in total. The van der Waals surface area contributed by atoms with E-state index in [1.807, 2.05) is 6.07 Å². The molecule has 0 atom stereocenters. The molecule has 0 saturated heterocycles. The largest absolute Gasteiger partial charge is 0.573 e. The lowest BCUT2D eigenvalue weighted by Crippen LogP contribution is -2.25. The van der Waals surface area contributed by atoms with Crippen molar-refractivity contribution in [2.24, 2.45) is 5.92 Å². The summed E-state index contributed by atoms with van der Waals surface area (Å²) in [7, 11) is 0. The second-order valence-electron chi connectivity index (χ2n) is 8.84. The molecule has 0 unspecified atom stereocenters. The molecule has 1 aliphatic rings. The Balaban J connectivity index is 1.22. The average Bonchev–Trinajstić information content (AvgIpc) is 3.28. The van der Waals surface area contributed by atoms with E-state index in [1.165, 1.54) is 24.4 Å². The number of hydrogen-bond donors (Lipinski definition) is 2. The molecule has 192 valence electrons. The zero-order valence-electron chi connectivity index (χ0n) is 19.4. The number of pyridine rings is 1. The molecule has 4 aromatic rings. The maximum absolute atomic E-state index is 12.5. The number of ether oxygens (including phenoxy) is 2. The first-order valence-electron chi connectivity index (χ1n) is 11.6. The lowest BCUT2D eigenvalue weighted by Gasteiger charge is -2.27. The Morgan fingerprint density at radius 3 is 2.41 bits per heavy atom. The number of imidazole rings is 1. The summed E-state index contributed by atoms with van der Waals surface area (Å²) in [4.78, 5) is 31.3. The first-order chi connectivity index (χ1) is 17.7. The average molecular weight is 513 g/mol. The Bertz CT molecular complexity index is 1380. The number of aromatic amines is 1. The second-order valence-corrected chi connectivity index (χ2v) is 8.84. The number of aliphatic carboxylic acids is 1. The molecular weight excluding hydrogens is 491 g/mol. The van der Waals surface area contributed by atoms with Crippen molar-refractivity contribution < 1.29 is 32.5 Å². The van der Waals surface area contributed by atoms with Gasteiger partial charge in [-0.25, -0.2) is 15.0 Å². The van der Waals surface area contributed by atoms with Crippen LogP contribution < -0.4 is 9.47 Å². The van der Waals surface area contributed by atoms with E-state index in [4.69, 9.17) is 9.84 Å². The fourth-order valence-electron chi connectivity index (χ4n) is 4.38. The Morgan fingerprint density at radius 1 is 1.00 bits per heavy atom. The number of carboxylic acid groups (broad SMARTS) is 1. The third-order valence-electron chi connectivity index (χ3n) is 6.16. The number of benzene rings is 1. The van der Waals surface area contributed by atoms with Gasteiger partial charge in [0.05, 0.1) is 29.1 Å². The number of H-pyrrole nitrogens is 1. The first kappa shape index (κ1) is 24.5. The molecule has 0 spiro atoms. The highest BCUT2D eigenvalue weighted by Crippen LogP contribution is 2.30. The van der Waals surface area contributed by atoms with Crippen molar-refractivity contribution in [2.75, 3.05) is 0 Å². The van der Waals surface area contributed by atoms with Crippen LogP contribution in [0.15, 0.2) is 48.9 Å². The van der Waals surface area contributed by atoms with Gasteiger partial charge in [0.2, 0.25) is 5.88 Å². The van der Waals surface area contributed by atoms with Crippen LogP contribution in [-0.4, -0.2) is 48.5 Å².